The number of likely N-dealkylation sites (N-methyl/N-ethyl adjacent to an activating group) is 1. The number of amides is 1. The molecule has 0 radical (unpaired) electrons. The van der Waals surface area contributed by atoms with Crippen molar-refractivity contribution in [1.29, 1.82) is 0 Å². The number of nitrogens with one attached hydrogen (secondary N) is 2. The second-order valence-corrected chi connectivity index (χ2v) is 7.27. The fraction of sp³-hybridized carbons (Fsp3) is 0.591. The highest BCUT2D eigenvalue weighted by atomic mass is 16.5. The minimum absolute atomic E-state index is 0.0405. The van der Waals surface area contributed by atoms with Crippen LogP contribution in [0.25, 0.3) is 0 Å². The van der Waals surface area contributed by atoms with Gasteiger partial charge in [-0.05, 0) is 52.1 Å². The fourth-order valence-electron chi connectivity index (χ4n) is 2.02. The minimum atomic E-state index is -0.117. The first kappa shape index (κ1) is 24.1. The SMILES string of the molecule is CNCCOCCOCCOCCNC(=O)c1ccc(C#CC(C)(C)C)cc1. The van der Waals surface area contributed by atoms with Crippen molar-refractivity contribution < 1.29 is 19.0 Å². The van der Waals surface area contributed by atoms with Crippen LogP contribution in [0.1, 0.15) is 36.7 Å². The molecule has 0 unspecified atom stereocenters. The highest BCUT2D eigenvalue weighted by molar-refractivity contribution is 5.94. The van der Waals surface area contributed by atoms with Gasteiger partial charge >= 0.3 is 0 Å². The molecule has 0 heterocycles. The second-order valence-electron chi connectivity index (χ2n) is 7.27. The molecule has 156 valence electrons. The van der Waals surface area contributed by atoms with Crippen molar-refractivity contribution in [1.82, 2.24) is 10.6 Å². The van der Waals surface area contributed by atoms with Crippen molar-refractivity contribution in [3.63, 3.8) is 0 Å². The lowest BCUT2D eigenvalue weighted by Gasteiger charge is -2.08. The lowest BCUT2D eigenvalue weighted by molar-refractivity contribution is 0.0159. The molecule has 0 atom stereocenters. The van der Waals surface area contributed by atoms with E-state index in [0.717, 1.165) is 12.1 Å². The normalized spacial score (nSPS) is 11.0. The molecule has 1 aromatic carbocycles. The number of ether oxygens (including phenoxy) is 3. The summed E-state index contributed by atoms with van der Waals surface area (Å²) < 4.78 is 16.2. The quantitative estimate of drug-likeness (QED) is 0.399. The van der Waals surface area contributed by atoms with Crippen molar-refractivity contribution in [3.8, 4) is 11.8 Å². The first-order valence-electron chi connectivity index (χ1n) is 9.71. The van der Waals surface area contributed by atoms with Gasteiger partial charge in [-0.1, -0.05) is 11.8 Å². The standard InChI is InChI=1S/C22H34N2O4/c1-22(2,3)10-9-19-5-7-20(8-6-19)21(25)24-12-14-27-16-18-28-17-15-26-13-11-23-4/h5-8,23H,11-18H2,1-4H3,(H,24,25). The Bertz CT molecular complexity index is 612. The zero-order valence-corrected chi connectivity index (χ0v) is 17.6. The molecule has 0 aliphatic heterocycles. The van der Waals surface area contributed by atoms with Crippen LogP contribution < -0.4 is 10.6 Å². The molecule has 0 spiro atoms. The molecular weight excluding hydrogens is 356 g/mol. The molecule has 6 nitrogen and oxygen atoms in total. The van der Waals surface area contributed by atoms with Gasteiger partial charge in [-0.2, -0.15) is 0 Å². The third-order valence-electron chi connectivity index (χ3n) is 3.50. The predicted octanol–water partition coefficient (Wildman–Crippen LogP) is 2.08. The molecule has 0 aliphatic carbocycles. The van der Waals surface area contributed by atoms with E-state index in [2.05, 4.69) is 43.2 Å². The maximum absolute atomic E-state index is 12.1. The Morgan fingerprint density at radius 3 is 1.96 bits per heavy atom. The van der Waals surface area contributed by atoms with Gasteiger partial charge in [-0.3, -0.25) is 4.79 Å². The number of carbonyl (C=O) groups is 1. The van der Waals surface area contributed by atoms with E-state index in [1.165, 1.54) is 0 Å². The zero-order chi connectivity index (χ0) is 20.7. The topological polar surface area (TPSA) is 68.8 Å². The molecule has 1 aromatic rings. The number of benzene rings is 1. The summed E-state index contributed by atoms with van der Waals surface area (Å²) in [6, 6.07) is 7.30. The van der Waals surface area contributed by atoms with Crippen molar-refractivity contribution in [2.45, 2.75) is 20.8 Å². The van der Waals surface area contributed by atoms with Gasteiger partial charge in [0.25, 0.3) is 5.91 Å². The third-order valence-corrected chi connectivity index (χ3v) is 3.50. The van der Waals surface area contributed by atoms with Crippen LogP contribution in [-0.4, -0.2) is 65.7 Å². The Balaban J connectivity index is 2.09. The van der Waals surface area contributed by atoms with E-state index in [1.807, 2.05) is 19.2 Å². The molecule has 1 rings (SSSR count). The van der Waals surface area contributed by atoms with Crippen molar-refractivity contribution >= 4 is 5.91 Å². The van der Waals surface area contributed by atoms with E-state index in [4.69, 9.17) is 14.2 Å². The molecule has 0 bridgehead atoms. The maximum Gasteiger partial charge on any atom is 0.251 e. The van der Waals surface area contributed by atoms with Crippen molar-refractivity contribution in [2.24, 2.45) is 5.41 Å². The van der Waals surface area contributed by atoms with Crippen LogP contribution in [0, 0.1) is 17.3 Å². The molecule has 1 amide bonds. The Kier molecular flexibility index (Phi) is 12.2. The third kappa shape index (κ3) is 12.5. The number of hydrogen-bond acceptors (Lipinski definition) is 5. The van der Waals surface area contributed by atoms with Crippen LogP contribution in [0.2, 0.25) is 0 Å². The summed E-state index contributed by atoms with van der Waals surface area (Å²) in [6.07, 6.45) is 0. The number of rotatable bonds is 13. The Morgan fingerprint density at radius 2 is 1.43 bits per heavy atom. The molecule has 0 saturated heterocycles. The Morgan fingerprint density at radius 1 is 0.893 bits per heavy atom. The van der Waals surface area contributed by atoms with E-state index < -0.39 is 0 Å². The van der Waals surface area contributed by atoms with Gasteiger partial charge in [0.2, 0.25) is 0 Å². The molecule has 28 heavy (non-hydrogen) atoms. The summed E-state index contributed by atoms with van der Waals surface area (Å²) in [5.74, 6) is 6.18. The van der Waals surface area contributed by atoms with Crippen LogP contribution >= 0.6 is 0 Å². The Labute approximate surface area is 169 Å². The van der Waals surface area contributed by atoms with Crippen LogP contribution in [0.5, 0.6) is 0 Å². The average molecular weight is 391 g/mol. The van der Waals surface area contributed by atoms with E-state index >= 15 is 0 Å². The molecule has 0 aromatic heterocycles. The van der Waals surface area contributed by atoms with Gasteiger partial charge in [0, 0.05) is 29.6 Å². The van der Waals surface area contributed by atoms with Crippen LogP contribution in [-0.2, 0) is 14.2 Å². The predicted molar refractivity (Wildman–Crippen MR) is 111 cm³/mol. The minimum Gasteiger partial charge on any atom is -0.378 e. The summed E-state index contributed by atoms with van der Waals surface area (Å²) in [7, 11) is 1.89. The van der Waals surface area contributed by atoms with Gasteiger partial charge in [-0.25, -0.2) is 0 Å². The number of carbonyl (C=O) groups excluding carboxylic acids is 1. The zero-order valence-electron chi connectivity index (χ0n) is 17.6. The fourth-order valence-corrected chi connectivity index (χ4v) is 2.02. The molecule has 0 aliphatic rings. The average Bonchev–Trinajstić information content (AvgIpc) is 2.67. The molecule has 0 fully saturated rings. The summed E-state index contributed by atoms with van der Waals surface area (Å²) in [6.45, 7) is 10.8. The lowest BCUT2D eigenvalue weighted by atomic mass is 9.97. The molecule has 2 N–H and O–H groups in total. The van der Waals surface area contributed by atoms with Crippen molar-refractivity contribution in [3.05, 3.63) is 35.4 Å². The van der Waals surface area contributed by atoms with E-state index in [1.54, 1.807) is 12.1 Å². The maximum atomic E-state index is 12.1. The summed E-state index contributed by atoms with van der Waals surface area (Å²) >= 11 is 0. The Hall–Kier alpha value is -1.91. The lowest BCUT2D eigenvalue weighted by Crippen LogP contribution is -2.27. The van der Waals surface area contributed by atoms with E-state index in [-0.39, 0.29) is 11.3 Å². The van der Waals surface area contributed by atoms with Gasteiger partial charge in [0.15, 0.2) is 0 Å². The first-order chi connectivity index (χ1) is 13.4. The van der Waals surface area contributed by atoms with Gasteiger partial charge in [0.1, 0.15) is 0 Å². The monoisotopic (exact) mass is 390 g/mol. The second kappa shape index (κ2) is 14.1. The van der Waals surface area contributed by atoms with Crippen LogP contribution in [0.3, 0.4) is 0 Å². The van der Waals surface area contributed by atoms with E-state index in [9.17, 15) is 4.79 Å². The first-order valence-corrected chi connectivity index (χ1v) is 9.71. The van der Waals surface area contributed by atoms with Crippen LogP contribution in [0.4, 0.5) is 0 Å². The molecule has 0 saturated carbocycles. The highest BCUT2D eigenvalue weighted by Gasteiger charge is 2.05. The smallest absolute Gasteiger partial charge is 0.251 e. The van der Waals surface area contributed by atoms with Gasteiger partial charge in [0.05, 0.1) is 39.6 Å². The van der Waals surface area contributed by atoms with Crippen molar-refractivity contribution in [2.75, 3.05) is 59.8 Å². The van der Waals surface area contributed by atoms with Gasteiger partial charge in [-0.15, -0.1) is 0 Å². The number of hydrogen-bond donors (Lipinski definition) is 2. The summed E-state index contributed by atoms with van der Waals surface area (Å²) in [4.78, 5) is 12.1. The largest absolute Gasteiger partial charge is 0.378 e. The molecule has 6 heteroatoms. The summed E-state index contributed by atoms with van der Waals surface area (Å²) in [5.41, 5.74) is 1.48. The van der Waals surface area contributed by atoms with Gasteiger partial charge < -0.3 is 24.8 Å². The summed E-state index contributed by atoms with van der Waals surface area (Å²) in [5, 5.41) is 5.85. The highest BCUT2D eigenvalue weighted by Crippen LogP contribution is 2.11. The molecular formula is C22H34N2O4. The van der Waals surface area contributed by atoms with E-state index in [0.29, 0.717) is 51.7 Å². The van der Waals surface area contributed by atoms with Crippen LogP contribution in [0.15, 0.2) is 24.3 Å².